The molecular weight excluding hydrogens is 358 g/mol. The molecule has 1 amide bonds. The van der Waals surface area contributed by atoms with Gasteiger partial charge in [-0.1, -0.05) is 5.92 Å². The van der Waals surface area contributed by atoms with Gasteiger partial charge in [0.1, 0.15) is 6.10 Å². The lowest BCUT2D eigenvalue weighted by Gasteiger charge is -2.19. The first-order valence-corrected chi connectivity index (χ1v) is 8.08. The molecule has 0 unspecified atom stereocenters. The Morgan fingerprint density at radius 3 is 2.81 bits per heavy atom. The van der Waals surface area contributed by atoms with Crippen molar-refractivity contribution in [1.82, 2.24) is 19.1 Å². The van der Waals surface area contributed by atoms with E-state index >= 15 is 0 Å². The Balaban J connectivity index is 2.26. The van der Waals surface area contributed by atoms with Crippen molar-refractivity contribution >= 4 is 29.0 Å². The molecule has 142 valence electrons. The lowest BCUT2D eigenvalue weighted by Crippen LogP contribution is -2.33. The largest absolute Gasteiger partial charge is 0.458 e. The Morgan fingerprint density at radius 2 is 2.19 bits per heavy atom. The molecule has 3 rings (SSSR count). The maximum atomic E-state index is 12.9. The van der Waals surface area contributed by atoms with Gasteiger partial charge in [-0.05, 0) is 0 Å². The quantitative estimate of drug-likeness (QED) is 0.534. The molecule has 0 aromatic carbocycles. The molecule has 1 fully saturated rings. The predicted octanol–water partition coefficient (Wildman–Crippen LogP) is -0.671. The molecular formula is C16H17N5O6. The first-order valence-electron chi connectivity index (χ1n) is 8.08. The summed E-state index contributed by atoms with van der Waals surface area (Å²) in [5, 5.41) is 2.36. The number of nitrogens with zero attached hydrogens (tertiary/aromatic N) is 3. The lowest BCUT2D eigenvalue weighted by molar-refractivity contribution is -0.151. The number of aromatic amines is 1. The summed E-state index contributed by atoms with van der Waals surface area (Å²) >= 11 is 0. The van der Waals surface area contributed by atoms with Gasteiger partial charge in [0, 0.05) is 20.3 Å². The van der Waals surface area contributed by atoms with Crippen molar-refractivity contribution in [2.75, 3.05) is 11.9 Å². The Hall–Kier alpha value is -3.39. The van der Waals surface area contributed by atoms with E-state index in [0.29, 0.717) is 6.42 Å². The third-order valence-electron chi connectivity index (χ3n) is 3.94. The number of carbonyl (C=O) groups excluding carboxylic acids is 2. The highest BCUT2D eigenvalue weighted by molar-refractivity contribution is 5.87. The molecule has 0 bridgehead atoms. The molecule has 1 aliphatic heterocycles. The number of esters is 1. The fourth-order valence-corrected chi connectivity index (χ4v) is 3.00. The molecule has 11 heteroatoms. The maximum absolute atomic E-state index is 12.9. The summed E-state index contributed by atoms with van der Waals surface area (Å²) < 4.78 is 13.0. The first-order chi connectivity index (χ1) is 12.8. The average Bonchev–Trinajstić information content (AvgIpc) is 3.10. The number of anilines is 1. The van der Waals surface area contributed by atoms with Crippen molar-refractivity contribution in [3.05, 3.63) is 20.8 Å². The molecule has 2 aromatic rings. The summed E-state index contributed by atoms with van der Waals surface area (Å²) in [6.07, 6.45) is 3.99. The Bertz CT molecular complexity index is 1070. The normalized spacial score (nSPS) is 19.0. The number of carbonyl (C=O) groups is 2. The van der Waals surface area contributed by atoms with Crippen LogP contribution in [0.25, 0.3) is 11.2 Å². The van der Waals surface area contributed by atoms with Crippen LogP contribution < -0.4 is 16.6 Å². The number of hydrogen-bond donors (Lipinski definition) is 2. The Morgan fingerprint density at radius 1 is 1.44 bits per heavy atom. The zero-order valence-corrected chi connectivity index (χ0v) is 14.6. The van der Waals surface area contributed by atoms with Gasteiger partial charge >= 0.3 is 11.7 Å². The monoisotopic (exact) mass is 375 g/mol. The third kappa shape index (κ3) is 3.34. The Kier molecular flexibility index (Phi) is 4.83. The highest BCUT2D eigenvalue weighted by Gasteiger charge is 2.36. The van der Waals surface area contributed by atoms with Gasteiger partial charge in [0.15, 0.2) is 17.4 Å². The SMILES string of the molecule is C#CCn1c(=O)n([C@@H]2OCC[C@H]2OC(C)=O)c2nc(NC(C)=O)[nH]c(=O)c21. The number of amides is 1. The van der Waals surface area contributed by atoms with E-state index in [4.69, 9.17) is 15.9 Å². The molecule has 11 nitrogen and oxygen atoms in total. The van der Waals surface area contributed by atoms with Gasteiger partial charge in [0.05, 0.1) is 13.2 Å². The van der Waals surface area contributed by atoms with E-state index in [1.165, 1.54) is 13.8 Å². The number of nitrogens with one attached hydrogen (secondary N) is 2. The van der Waals surface area contributed by atoms with Crippen molar-refractivity contribution in [3.63, 3.8) is 0 Å². The summed E-state index contributed by atoms with van der Waals surface area (Å²) in [6.45, 7) is 2.57. The minimum Gasteiger partial charge on any atom is -0.458 e. The second kappa shape index (κ2) is 7.08. The highest BCUT2D eigenvalue weighted by atomic mass is 16.6. The number of terminal acetylenes is 1. The number of fused-ring (bicyclic) bond motifs is 1. The van der Waals surface area contributed by atoms with Gasteiger partial charge < -0.3 is 9.47 Å². The highest BCUT2D eigenvalue weighted by Crippen LogP contribution is 2.28. The van der Waals surface area contributed by atoms with Crippen LogP contribution in [0.2, 0.25) is 0 Å². The van der Waals surface area contributed by atoms with E-state index in [2.05, 4.69) is 21.2 Å². The zero-order valence-electron chi connectivity index (χ0n) is 14.6. The third-order valence-corrected chi connectivity index (χ3v) is 3.94. The number of hydrogen-bond acceptors (Lipinski definition) is 7. The van der Waals surface area contributed by atoms with E-state index in [-0.39, 0.29) is 30.3 Å². The number of H-pyrrole nitrogens is 1. The lowest BCUT2D eigenvalue weighted by atomic mass is 10.2. The van der Waals surface area contributed by atoms with Crippen molar-refractivity contribution in [2.45, 2.75) is 39.1 Å². The molecule has 0 saturated carbocycles. The van der Waals surface area contributed by atoms with Crippen LogP contribution in [-0.4, -0.2) is 43.7 Å². The minimum absolute atomic E-state index is 0.0354. The molecule has 1 saturated heterocycles. The molecule has 0 aliphatic carbocycles. The van der Waals surface area contributed by atoms with E-state index in [1.54, 1.807) is 0 Å². The van der Waals surface area contributed by atoms with E-state index in [0.717, 1.165) is 9.13 Å². The molecule has 2 N–H and O–H groups in total. The average molecular weight is 375 g/mol. The second-order valence-corrected chi connectivity index (χ2v) is 5.91. The van der Waals surface area contributed by atoms with Crippen LogP contribution in [0.15, 0.2) is 9.59 Å². The molecule has 0 spiro atoms. The van der Waals surface area contributed by atoms with Crippen LogP contribution >= 0.6 is 0 Å². The smallest absolute Gasteiger partial charge is 0.333 e. The zero-order chi connectivity index (χ0) is 19.7. The van der Waals surface area contributed by atoms with Gasteiger partial charge in [0.25, 0.3) is 5.56 Å². The summed E-state index contributed by atoms with van der Waals surface area (Å²) in [7, 11) is 0. The van der Waals surface area contributed by atoms with Crippen LogP contribution in [0.3, 0.4) is 0 Å². The number of rotatable bonds is 4. The van der Waals surface area contributed by atoms with Gasteiger partial charge in [-0.2, -0.15) is 4.98 Å². The molecule has 3 heterocycles. The Labute approximate surface area is 152 Å². The van der Waals surface area contributed by atoms with Crippen molar-refractivity contribution in [2.24, 2.45) is 0 Å². The minimum atomic E-state index is -0.970. The molecule has 27 heavy (non-hydrogen) atoms. The molecule has 0 radical (unpaired) electrons. The summed E-state index contributed by atoms with van der Waals surface area (Å²) in [5.74, 6) is 1.20. The van der Waals surface area contributed by atoms with Gasteiger partial charge in [-0.25, -0.2) is 9.36 Å². The van der Waals surface area contributed by atoms with Crippen LogP contribution in [0.4, 0.5) is 5.95 Å². The standard InChI is InChI=1S/C16H17N5O6/c1-4-6-20-11-12(18-15(17-8(2)22)19-13(11)24)21(16(20)25)14-10(5-7-26-14)27-9(3)23/h1,10,14H,5-7H2,2-3H3,(H2,17,18,19,22,24)/t10-,14-/m1/s1. The number of imidazole rings is 1. The maximum Gasteiger partial charge on any atom is 0.333 e. The van der Waals surface area contributed by atoms with E-state index < -0.39 is 35.5 Å². The topological polar surface area (TPSA) is 137 Å². The van der Waals surface area contributed by atoms with Crippen LogP contribution in [0.5, 0.6) is 0 Å². The van der Waals surface area contributed by atoms with Gasteiger partial charge in [-0.15, -0.1) is 6.42 Å². The predicted molar refractivity (Wildman–Crippen MR) is 92.9 cm³/mol. The van der Waals surface area contributed by atoms with E-state index in [9.17, 15) is 19.2 Å². The van der Waals surface area contributed by atoms with Crippen molar-refractivity contribution in [3.8, 4) is 12.3 Å². The van der Waals surface area contributed by atoms with Crippen LogP contribution in [0, 0.1) is 12.3 Å². The molecule has 2 atom stereocenters. The first kappa shape index (κ1) is 18.4. The molecule has 1 aliphatic rings. The second-order valence-electron chi connectivity index (χ2n) is 5.91. The van der Waals surface area contributed by atoms with Crippen molar-refractivity contribution in [1.29, 1.82) is 0 Å². The van der Waals surface area contributed by atoms with Gasteiger partial charge in [0.2, 0.25) is 11.9 Å². The number of ether oxygens (including phenoxy) is 2. The summed E-state index contributed by atoms with van der Waals surface area (Å²) in [6, 6.07) is 0. The van der Waals surface area contributed by atoms with E-state index in [1.807, 2.05) is 0 Å². The number of aromatic nitrogens is 4. The van der Waals surface area contributed by atoms with Crippen LogP contribution in [0.1, 0.15) is 26.5 Å². The van der Waals surface area contributed by atoms with Crippen LogP contribution in [-0.2, 0) is 25.6 Å². The molecule has 2 aromatic heterocycles. The van der Waals surface area contributed by atoms with Crippen molar-refractivity contribution < 1.29 is 19.1 Å². The fraction of sp³-hybridized carbons (Fsp3) is 0.438. The fourth-order valence-electron chi connectivity index (χ4n) is 3.00. The summed E-state index contributed by atoms with van der Waals surface area (Å²) in [4.78, 5) is 54.6. The van der Waals surface area contributed by atoms with Gasteiger partial charge in [-0.3, -0.25) is 29.3 Å². The summed E-state index contributed by atoms with van der Waals surface area (Å²) in [5.41, 5.74) is -1.39.